The van der Waals surface area contributed by atoms with E-state index in [9.17, 15) is 14.4 Å². The minimum absolute atomic E-state index is 0.00238. The van der Waals surface area contributed by atoms with Gasteiger partial charge in [-0.1, -0.05) is 38.1 Å². The average molecular weight is 415 g/mol. The Labute approximate surface area is 175 Å². The van der Waals surface area contributed by atoms with Crippen molar-refractivity contribution >= 4 is 40.9 Å². The van der Waals surface area contributed by atoms with Crippen molar-refractivity contribution in [3.63, 3.8) is 0 Å². The van der Waals surface area contributed by atoms with Crippen molar-refractivity contribution in [1.82, 2.24) is 0 Å². The lowest BCUT2D eigenvalue weighted by molar-refractivity contribution is -0.144. The molecule has 2 rings (SSSR count). The summed E-state index contributed by atoms with van der Waals surface area (Å²) in [5.41, 5.74) is 3.60. The molecule has 2 aromatic rings. The molecule has 0 radical (unpaired) electrons. The number of carbonyl (C=O) groups is 3. The van der Waals surface area contributed by atoms with Gasteiger partial charge in [0.05, 0.1) is 11.5 Å². The van der Waals surface area contributed by atoms with Crippen molar-refractivity contribution in [2.75, 3.05) is 28.7 Å². The molecule has 0 atom stereocenters. The van der Waals surface area contributed by atoms with Gasteiger partial charge in [0, 0.05) is 11.4 Å². The molecule has 0 fully saturated rings. The number of ether oxygens (including phenoxy) is 1. The highest BCUT2D eigenvalue weighted by Gasteiger charge is 2.10. The Kier molecular flexibility index (Phi) is 8.73. The summed E-state index contributed by atoms with van der Waals surface area (Å²) in [6.45, 7) is 5.77. The van der Waals surface area contributed by atoms with E-state index in [-0.39, 0.29) is 24.0 Å². The molecule has 0 heterocycles. The van der Waals surface area contributed by atoms with Crippen LogP contribution >= 0.6 is 11.8 Å². The van der Waals surface area contributed by atoms with E-state index in [2.05, 4.69) is 24.5 Å². The largest absolute Gasteiger partial charge is 0.455 e. The molecule has 0 aliphatic heterocycles. The number of rotatable bonds is 9. The fourth-order valence-electron chi connectivity index (χ4n) is 2.48. The van der Waals surface area contributed by atoms with Crippen LogP contribution in [0.2, 0.25) is 0 Å². The Morgan fingerprint density at radius 2 is 1.62 bits per heavy atom. The van der Waals surface area contributed by atoms with E-state index in [1.165, 1.54) is 5.56 Å². The summed E-state index contributed by atoms with van der Waals surface area (Å²) in [6, 6.07) is 15.0. The summed E-state index contributed by atoms with van der Waals surface area (Å²) < 4.78 is 4.95. The molecule has 2 N–H and O–H groups in total. The maximum Gasteiger partial charge on any atom is 0.316 e. The summed E-state index contributed by atoms with van der Waals surface area (Å²) >= 11 is 1.13. The van der Waals surface area contributed by atoms with Crippen LogP contribution in [0.15, 0.2) is 48.5 Å². The number of anilines is 2. The molecule has 7 heteroatoms. The number of thioether (sulfide) groups is 1. The van der Waals surface area contributed by atoms with E-state index in [1.807, 2.05) is 49.4 Å². The first-order chi connectivity index (χ1) is 13.8. The molecule has 6 nitrogen and oxygen atoms in total. The van der Waals surface area contributed by atoms with Gasteiger partial charge in [-0.2, -0.15) is 0 Å². The number of benzene rings is 2. The molecule has 0 aliphatic rings. The van der Waals surface area contributed by atoms with E-state index >= 15 is 0 Å². The number of hydrogen-bond acceptors (Lipinski definition) is 5. The first-order valence-electron chi connectivity index (χ1n) is 9.33. The zero-order valence-corrected chi connectivity index (χ0v) is 17.7. The topological polar surface area (TPSA) is 84.5 Å². The highest BCUT2D eigenvalue weighted by Crippen LogP contribution is 2.17. The summed E-state index contributed by atoms with van der Waals surface area (Å²) in [7, 11) is 0. The number of carbonyl (C=O) groups excluding carboxylic acids is 3. The Bertz CT molecular complexity index is 850. The molecular formula is C22H26N2O4S. The molecular weight excluding hydrogens is 388 g/mol. The van der Waals surface area contributed by atoms with E-state index in [1.54, 1.807) is 6.07 Å². The number of esters is 1. The molecule has 154 valence electrons. The molecule has 0 saturated carbocycles. The van der Waals surface area contributed by atoms with Crippen molar-refractivity contribution in [3.8, 4) is 0 Å². The molecule has 2 amide bonds. The van der Waals surface area contributed by atoms with E-state index < -0.39 is 11.9 Å². The van der Waals surface area contributed by atoms with Crippen LogP contribution in [0, 0.1) is 6.92 Å². The molecule has 0 aromatic heterocycles. The van der Waals surface area contributed by atoms with Gasteiger partial charge < -0.3 is 15.4 Å². The van der Waals surface area contributed by atoms with Gasteiger partial charge in [0.25, 0.3) is 5.91 Å². The second-order valence-corrected chi connectivity index (χ2v) is 7.88. The summed E-state index contributed by atoms with van der Waals surface area (Å²) in [6.07, 6.45) is 0. The van der Waals surface area contributed by atoms with Crippen molar-refractivity contribution < 1.29 is 19.1 Å². The number of amides is 2. The van der Waals surface area contributed by atoms with Gasteiger partial charge in [-0.15, -0.1) is 11.8 Å². The molecule has 0 spiro atoms. The fraction of sp³-hybridized carbons (Fsp3) is 0.318. The number of aryl methyl sites for hydroxylation is 1. The second-order valence-electron chi connectivity index (χ2n) is 6.90. The highest BCUT2D eigenvalue weighted by atomic mass is 32.2. The van der Waals surface area contributed by atoms with Crippen molar-refractivity contribution in [2.24, 2.45) is 0 Å². The zero-order chi connectivity index (χ0) is 21.2. The van der Waals surface area contributed by atoms with Crippen LogP contribution in [-0.4, -0.2) is 35.9 Å². The standard InChI is InChI=1S/C22H26N2O4S/c1-15(2)17-7-9-18(10-8-17)23-20(25)12-28-22(27)14-29-13-21(26)24-19-6-4-5-16(3)11-19/h4-11,15H,12-14H2,1-3H3,(H,23,25)(H,24,26). The van der Waals surface area contributed by atoms with Crippen LogP contribution in [0.5, 0.6) is 0 Å². The lowest BCUT2D eigenvalue weighted by Crippen LogP contribution is -2.22. The maximum atomic E-state index is 11.9. The molecule has 2 aromatic carbocycles. The zero-order valence-electron chi connectivity index (χ0n) is 16.9. The van der Waals surface area contributed by atoms with Crippen LogP contribution in [0.25, 0.3) is 0 Å². The Morgan fingerprint density at radius 3 is 2.28 bits per heavy atom. The van der Waals surface area contributed by atoms with Crippen LogP contribution in [0.1, 0.15) is 30.9 Å². The monoisotopic (exact) mass is 414 g/mol. The predicted molar refractivity (Wildman–Crippen MR) is 117 cm³/mol. The lowest BCUT2D eigenvalue weighted by atomic mass is 10.0. The third kappa shape index (κ3) is 8.39. The van der Waals surface area contributed by atoms with Gasteiger partial charge in [-0.05, 0) is 48.2 Å². The van der Waals surface area contributed by atoms with Crippen LogP contribution in [-0.2, 0) is 19.1 Å². The first kappa shape index (κ1) is 22.5. The van der Waals surface area contributed by atoms with Crippen LogP contribution in [0.4, 0.5) is 11.4 Å². The molecule has 0 unspecified atom stereocenters. The van der Waals surface area contributed by atoms with Gasteiger partial charge in [0.1, 0.15) is 0 Å². The van der Waals surface area contributed by atoms with Crippen LogP contribution in [0.3, 0.4) is 0 Å². The quantitative estimate of drug-likeness (QED) is 0.607. The van der Waals surface area contributed by atoms with Gasteiger partial charge in [-0.25, -0.2) is 0 Å². The predicted octanol–water partition coefficient (Wildman–Crippen LogP) is 3.97. The van der Waals surface area contributed by atoms with E-state index in [0.717, 1.165) is 23.0 Å². The van der Waals surface area contributed by atoms with Gasteiger partial charge in [-0.3, -0.25) is 14.4 Å². The minimum atomic E-state index is -0.538. The Morgan fingerprint density at radius 1 is 0.931 bits per heavy atom. The summed E-state index contributed by atoms with van der Waals surface area (Å²) in [4.78, 5) is 35.5. The number of nitrogens with one attached hydrogen (secondary N) is 2. The minimum Gasteiger partial charge on any atom is -0.455 e. The smallest absolute Gasteiger partial charge is 0.316 e. The van der Waals surface area contributed by atoms with Crippen molar-refractivity contribution in [3.05, 3.63) is 59.7 Å². The normalized spacial score (nSPS) is 10.5. The van der Waals surface area contributed by atoms with Gasteiger partial charge >= 0.3 is 5.97 Å². The molecule has 0 saturated heterocycles. The van der Waals surface area contributed by atoms with Gasteiger partial charge in [0.2, 0.25) is 5.91 Å². The highest BCUT2D eigenvalue weighted by molar-refractivity contribution is 8.00. The molecule has 29 heavy (non-hydrogen) atoms. The van der Waals surface area contributed by atoms with Crippen LogP contribution < -0.4 is 10.6 Å². The van der Waals surface area contributed by atoms with Gasteiger partial charge in [0.15, 0.2) is 6.61 Å². The first-order valence-corrected chi connectivity index (χ1v) is 10.5. The fourth-order valence-corrected chi connectivity index (χ4v) is 3.09. The second kappa shape index (κ2) is 11.3. The lowest BCUT2D eigenvalue weighted by Gasteiger charge is -2.09. The average Bonchev–Trinajstić information content (AvgIpc) is 2.67. The number of hydrogen-bond donors (Lipinski definition) is 2. The molecule has 0 bridgehead atoms. The van der Waals surface area contributed by atoms with E-state index in [0.29, 0.717) is 11.6 Å². The SMILES string of the molecule is Cc1cccc(NC(=O)CSCC(=O)OCC(=O)Nc2ccc(C(C)C)cc2)c1. The van der Waals surface area contributed by atoms with Crippen molar-refractivity contribution in [1.29, 1.82) is 0 Å². The summed E-state index contributed by atoms with van der Waals surface area (Å²) in [5, 5.41) is 5.45. The Balaban J connectivity index is 1.63. The van der Waals surface area contributed by atoms with Crippen molar-refractivity contribution in [2.45, 2.75) is 26.7 Å². The molecule has 0 aliphatic carbocycles. The Hall–Kier alpha value is -2.80. The maximum absolute atomic E-state index is 11.9. The third-order valence-corrected chi connectivity index (χ3v) is 4.89. The van der Waals surface area contributed by atoms with E-state index in [4.69, 9.17) is 4.74 Å². The summed E-state index contributed by atoms with van der Waals surface area (Å²) in [5.74, 6) is -0.607. The third-order valence-electron chi connectivity index (χ3n) is 3.98.